The van der Waals surface area contributed by atoms with Crippen LogP contribution < -0.4 is 60.7 Å². The van der Waals surface area contributed by atoms with E-state index in [9.17, 15) is 0 Å². The average Bonchev–Trinajstić information content (AvgIpc) is 3.21. The molecule has 20 heteroatoms. The third-order valence-electron chi connectivity index (χ3n) is 17.0. The number of benzene rings is 8. The molecule has 448 valence electrons. The van der Waals surface area contributed by atoms with Crippen molar-refractivity contribution in [2.75, 3.05) is 56.9 Å². The molecule has 5 heterocycles. The predicted molar refractivity (Wildman–Crippen MR) is 336 cm³/mol. The zero-order valence-electron chi connectivity index (χ0n) is 50.0. The molecule has 20 nitrogen and oxygen atoms in total. The van der Waals surface area contributed by atoms with Gasteiger partial charge >= 0.3 is 22.8 Å². The first-order valence-electron chi connectivity index (χ1n) is 28.6. The van der Waals surface area contributed by atoms with Crippen molar-refractivity contribution >= 4 is 44.1 Å². The molecule has 0 fully saturated rings. The van der Waals surface area contributed by atoms with Crippen molar-refractivity contribution in [1.82, 2.24) is 36.5 Å². The maximum Gasteiger partial charge on any atom is 0.329 e. The molecule has 0 unspecified atom stereocenters. The summed E-state index contributed by atoms with van der Waals surface area (Å²) in [5, 5.41) is 0. The molecule has 4 aromatic heterocycles. The molecule has 0 saturated heterocycles. The third-order valence-corrected chi connectivity index (χ3v) is 17.0. The summed E-state index contributed by atoms with van der Waals surface area (Å²) in [6.07, 6.45) is 0. The highest BCUT2D eigenvalue weighted by Crippen LogP contribution is 2.38. The number of fused-ring (bicyclic) bond motifs is 28. The summed E-state index contributed by atoms with van der Waals surface area (Å²) in [5.74, 6) is 3.87. The number of ether oxygens (including phenoxy) is 8. The molecule has 16 bridgehead atoms. The highest BCUT2D eigenvalue weighted by atomic mass is 16.5. The van der Waals surface area contributed by atoms with Crippen LogP contribution in [0.3, 0.4) is 0 Å². The number of para-hydroxylation sites is 8. The van der Waals surface area contributed by atoms with Crippen LogP contribution in [0.1, 0.15) is 44.5 Å². The Morgan fingerprint density at radius 2 is 0.364 bits per heavy atom. The quantitative estimate of drug-likeness (QED) is 0.141. The fourth-order valence-electron chi connectivity index (χ4n) is 13.0. The van der Waals surface area contributed by atoms with Gasteiger partial charge in [0.2, 0.25) is 0 Å². The zero-order valence-corrected chi connectivity index (χ0v) is 50.0. The molecule has 12 aromatic rings. The fraction of sp³-hybridized carbons (Fsp3) is 0.235. The first-order valence-corrected chi connectivity index (χ1v) is 28.6. The summed E-state index contributed by atoms with van der Waals surface area (Å²) >= 11 is 0. The molecule has 1 aliphatic heterocycles. The Balaban J connectivity index is 1.03. The Labute approximate surface area is 503 Å². The molecule has 88 heavy (non-hydrogen) atoms. The predicted octanol–water partition coefficient (Wildman–Crippen LogP) is 8.92. The molecule has 0 saturated carbocycles. The van der Waals surface area contributed by atoms with Crippen LogP contribution >= 0.6 is 0 Å². The Morgan fingerprint density at radius 1 is 0.227 bits per heavy atom. The maximum atomic E-state index is 15.3. The van der Waals surface area contributed by atoms with Gasteiger partial charge in [0.15, 0.2) is 0 Å². The van der Waals surface area contributed by atoms with Crippen LogP contribution in [0.15, 0.2) is 165 Å². The van der Waals surface area contributed by atoms with Gasteiger partial charge < -0.3 is 37.9 Å². The lowest BCUT2D eigenvalue weighted by Gasteiger charge is -2.18. The SMILES string of the molecule is COc1cc2c(OC)c(c1)Cn1c(=O)n(c3ccccc31)Cc1cc(OC)cc(c1OC)Cn1c(=O)n(c3ccccc31)Cc1cc(OC)cc(c1OC)Cn1c(=O)n(c3ccccc31)Cc1cc(OC)cc(c1OC)Cn1c(=O)n(c3ccccc31)C2. The number of nitrogens with zero attached hydrogens (tertiary/aromatic N) is 8. The van der Waals surface area contributed by atoms with E-state index in [1.807, 2.05) is 146 Å². The van der Waals surface area contributed by atoms with Crippen LogP contribution in [0.4, 0.5) is 0 Å². The molecule has 8 aromatic carbocycles. The van der Waals surface area contributed by atoms with Crippen molar-refractivity contribution < 1.29 is 37.9 Å². The Kier molecular flexibility index (Phi) is 14.7. The molecular weight excluding hydrogens is 1120 g/mol. The largest absolute Gasteiger partial charge is 0.497 e. The average molecular weight is 1190 g/mol. The molecular formula is C68H64N8O12. The Bertz CT molecular complexity index is 4100. The number of imidazole rings is 4. The van der Waals surface area contributed by atoms with E-state index in [0.29, 0.717) is 135 Å². The number of methoxy groups -OCH3 is 8. The van der Waals surface area contributed by atoms with Gasteiger partial charge in [-0.05, 0) is 97.1 Å². The minimum atomic E-state index is -0.311. The zero-order chi connectivity index (χ0) is 61.1. The number of hydrogen-bond acceptors (Lipinski definition) is 12. The molecule has 13 rings (SSSR count). The van der Waals surface area contributed by atoms with Gasteiger partial charge in [0.25, 0.3) is 0 Å². The Hall–Kier alpha value is -10.8. The van der Waals surface area contributed by atoms with Crippen molar-refractivity contribution in [2.45, 2.75) is 52.4 Å². The van der Waals surface area contributed by atoms with Gasteiger partial charge in [-0.15, -0.1) is 0 Å². The normalized spacial score (nSPS) is 12.8. The van der Waals surface area contributed by atoms with E-state index < -0.39 is 0 Å². The number of aromatic nitrogens is 8. The molecule has 0 amide bonds. The number of rotatable bonds is 8. The number of hydrogen-bond donors (Lipinski definition) is 0. The lowest BCUT2D eigenvalue weighted by atomic mass is 10.1. The molecule has 0 radical (unpaired) electrons. The second kappa shape index (κ2) is 22.9. The molecule has 0 atom stereocenters. The van der Waals surface area contributed by atoms with Gasteiger partial charge in [-0.1, -0.05) is 48.5 Å². The summed E-state index contributed by atoms with van der Waals surface area (Å²) in [5.41, 5.74) is 9.14. The smallest absolute Gasteiger partial charge is 0.329 e. The van der Waals surface area contributed by atoms with E-state index in [-0.39, 0.29) is 75.1 Å². The topological polar surface area (TPSA) is 182 Å². The monoisotopic (exact) mass is 1180 g/mol. The third kappa shape index (κ3) is 9.47. The summed E-state index contributed by atoms with van der Waals surface area (Å²) in [7, 11) is 12.6. The van der Waals surface area contributed by atoms with E-state index >= 15 is 19.2 Å². The summed E-state index contributed by atoms with van der Waals surface area (Å²) in [4.78, 5) is 61.0. The molecule has 0 spiro atoms. The van der Waals surface area contributed by atoms with E-state index in [1.165, 1.54) is 0 Å². The van der Waals surface area contributed by atoms with Gasteiger partial charge in [0, 0.05) is 44.5 Å². The van der Waals surface area contributed by atoms with Crippen molar-refractivity contribution in [3.8, 4) is 46.0 Å². The van der Waals surface area contributed by atoms with Crippen molar-refractivity contribution in [3.05, 3.63) is 232 Å². The molecule has 0 aliphatic carbocycles. The minimum Gasteiger partial charge on any atom is -0.497 e. The van der Waals surface area contributed by atoms with Gasteiger partial charge in [-0.25, -0.2) is 19.2 Å². The molecule has 0 N–H and O–H groups in total. The van der Waals surface area contributed by atoms with Gasteiger partial charge in [0.1, 0.15) is 46.0 Å². The van der Waals surface area contributed by atoms with Gasteiger partial charge in [-0.2, -0.15) is 0 Å². The highest BCUT2D eigenvalue weighted by Gasteiger charge is 2.27. The van der Waals surface area contributed by atoms with Crippen LogP contribution in [0, 0.1) is 0 Å². The van der Waals surface area contributed by atoms with Crippen LogP contribution in [-0.2, 0) is 52.4 Å². The fourth-order valence-corrected chi connectivity index (χ4v) is 13.0. The molecule has 1 aliphatic rings. The van der Waals surface area contributed by atoms with Gasteiger partial charge in [-0.3, -0.25) is 36.5 Å². The second-order valence-corrected chi connectivity index (χ2v) is 21.7. The van der Waals surface area contributed by atoms with Crippen molar-refractivity contribution in [3.63, 3.8) is 0 Å². The second-order valence-electron chi connectivity index (χ2n) is 21.7. The maximum absolute atomic E-state index is 15.3. The Morgan fingerprint density at radius 3 is 0.477 bits per heavy atom. The van der Waals surface area contributed by atoms with Crippen molar-refractivity contribution in [1.29, 1.82) is 0 Å². The lowest BCUT2D eigenvalue weighted by Crippen LogP contribution is -2.27. The van der Waals surface area contributed by atoms with Gasteiger partial charge in [0.05, 0.1) is 153 Å². The summed E-state index contributed by atoms with van der Waals surface area (Å²) in [6, 6.07) is 45.1. The van der Waals surface area contributed by atoms with E-state index in [2.05, 4.69) is 0 Å². The lowest BCUT2D eigenvalue weighted by molar-refractivity contribution is 0.389. The van der Waals surface area contributed by atoms with E-state index in [0.717, 1.165) is 0 Å². The van der Waals surface area contributed by atoms with Crippen LogP contribution in [0.25, 0.3) is 44.1 Å². The van der Waals surface area contributed by atoms with E-state index in [4.69, 9.17) is 37.9 Å². The van der Waals surface area contributed by atoms with Crippen molar-refractivity contribution in [2.24, 2.45) is 0 Å². The first kappa shape index (κ1) is 56.4. The summed E-state index contributed by atoms with van der Waals surface area (Å²) < 4.78 is 62.4. The first-order chi connectivity index (χ1) is 42.9. The van der Waals surface area contributed by atoms with Crippen LogP contribution in [-0.4, -0.2) is 93.4 Å². The standard InChI is InChI=1S/C68H64N8O12/c1-81-49-25-41-33-69-53-17-9-11-19-55(53)71(65(69)77)35-43-27-50(82-2)29-45(62(43)86-6)37-73-57-21-13-15-23-59(57)75(67(73)79)39-47-31-52(84-4)32-48(64(47)88-8)40-76-60-24-16-14-22-58(60)74(68(76)80)38-46-30-51(83-3)28-44(63(46)87-7)36-72-56-20-12-10-18-54(56)70(66(72)78)34-42(26-49)61(41)85-5/h9-32H,33-40H2,1-8H3. The minimum absolute atomic E-state index is 0.0669. The summed E-state index contributed by atoms with van der Waals surface area (Å²) in [6.45, 7) is 0.535. The van der Waals surface area contributed by atoms with Crippen LogP contribution in [0.5, 0.6) is 46.0 Å². The van der Waals surface area contributed by atoms with E-state index in [1.54, 1.807) is 93.4 Å². The highest BCUT2D eigenvalue weighted by molar-refractivity contribution is 5.79. The van der Waals surface area contributed by atoms with Crippen LogP contribution in [0.2, 0.25) is 0 Å².